The average molecular weight is 592 g/mol. The van der Waals surface area contributed by atoms with Crippen LogP contribution in [0.3, 0.4) is 0 Å². The third kappa shape index (κ3) is 5.69. The Morgan fingerprint density at radius 3 is 2.55 bits per heavy atom. The van der Waals surface area contributed by atoms with Crippen molar-refractivity contribution in [3.8, 4) is 5.75 Å². The van der Waals surface area contributed by atoms with Crippen LogP contribution in [0.4, 0.5) is 5.69 Å². The summed E-state index contributed by atoms with van der Waals surface area (Å²) < 4.78 is 7.39. The SMILES string of the molecule is C=CCOc1c(Br)cc(/C=C2\SC(Nc3ccccc3)N([C@H]3CCCC[C@H]3C)C2=O)cc1Br. The zero-order valence-electron chi connectivity index (χ0n) is 18.6. The van der Waals surface area contributed by atoms with Crippen molar-refractivity contribution < 1.29 is 9.53 Å². The van der Waals surface area contributed by atoms with E-state index in [0.717, 1.165) is 37.3 Å². The zero-order chi connectivity index (χ0) is 23.4. The summed E-state index contributed by atoms with van der Waals surface area (Å²) in [5, 5.41) is 3.59. The summed E-state index contributed by atoms with van der Waals surface area (Å²) >= 11 is 8.79. The van der Waals surface area contributed by atoms with Gasteiger partial charge in [-0.25, -0.2) is 0 Å². The fraction of sp³-hybridized carbons (Fsp3) is 0.346. The second kappa shape index (κ2) is 11.2. The number of carbonyl (C=O) groups excluding carboxylic acids is 1. The van der Waals surface area contributed by atoms with E-state index in [0.29, 0.717) is 12.5 Å². The van der Waals surface area contributed by atoms with E-state index in [1.54, 1.807) is 17.8 Å². The first-order valence-electron chi connectivity index (χ1n) is 11.2. The predicted molar refractivity (Wildman–Crippen MR) is 145 cm³/mol. The molecule has 1 aliphatic heterocycles. The molecule has 174 valence electrons. The largest absolute Gasteiger partial charge is 0.487 e. The summed E-state index contributed by atoms with van der Waals surface area (Å²) in [5.74, 6) is 1.32. The Morgan fingerprint density at radius 1 is 1.18 bits per heavy atom. The van der Waals surface area contributed by atoms with Crippen molar-refractivity contribution in [2.75, 3.05) is 11.9 Å². The van der Waals surface area contributed by atoms with E-state index < -0.39 is 0 Å². The van der Waals surface area contributed by atoms with Gasteiger partial charge in [0, 0.05) is 11.7 Å². The highest BCUT2D eigenvalue weighted by atomic mass is 79.9. The van der Waals surface area contributed by atoms with Crippen LogP contribution in [-0.2, 0) is 4.79 Å². The molecule has 1 unspecified atom stereocenters. The molecule has 1 saturated heterocycles. The molecule has 2 aromatic carbocycles. The van der Waals surface area contributed by atoms with Crippen molar-refractivity contribution in [3.05, 3.63) is 74.5 Å². The average Bonchev–Trinajstić information content (AvgIpc) is 3.08. The van der Waals surface area contributed by atoms with Gasteiger partial charge in [-0.2, -0.15) is 0 Å². The number of ether oxygens (including phenoxy) is 1. The third-order valence-corrected chi connectivity index (χ3v) is 8.38. The molecule has 1 amide bonds. The third-order valence-electron chi connectivity index (χ3n) is 6.09. The van der Waals surface area contributed by atoms with E-state index in [9.17, 15) is 4.79 Å². The number of anilines is 1. The van der Waals surface area contributed by atoms with E-state index >= 15 is 0 Å². The summed E-state index contributed by atoms with van der Waals surface area (Å²) in [4.78, 5) is 16.5. The Hall–Kier alpha value is -1.70. The van der Waals surface area contributed by atoms with Crippen LogP contribution < -0.4 is 10.1 Å². The lowest BCUT2D eigenvalue weighted by atomic mass is 9.85. The van der Waals surface area contributed by atoms with E-state index in [4.69, 9.17) is 4.74 Å². The monoisotopic (exact) mass is 590 g/mol. The minimum atomic E-state index is -0.126. The molecule has 2 aliphatic rings. The number of nitrogens with zero attached hydrogens (tertiary/aromatic N) is 1. The molecule has 1 N–H and O–H groups in total. The van der Waals surface area contributed by atoms with Gasteiger partial charge in [-0.15, -0.1) is 0 Å². The molecular formula is C26H28Br2N2O2S. The Morgan fingerprint density at radius 2 is 1.88 bits per heavy atom. The van der Waals surface area contributed by atoms with E-state index in [1.165, 1.54) is 19.3 Å². The molecule has 1 aliphatic carbocycles. The van der Waals surface area contributed by atoms with Gasteiger partial charge in [0.15, 0.2) is 5.50 Å². The summed E-state index contributed by atoms with van der Waals surface area (Å²) in [6, 6.07) is 14.3. The van der Waals surface area contributed by atoms with Crippen molar-refractivity contribution in [1.29, 1.82) is 0 Å². The second-order valence-electron chi connectivity index (χ2n) is 8.44. The molecule has 4 nitrogen and oxygen atoms in total. The molecule has 7 heteroatoms. The van der Waals surface area contributed by atoms with Crippen molar-refractivity contribution in [2.24, 2.45) is 5.92 Å². The number of para-hydroxylation sites is 1. The predicted octanol–water partition coefficient (Wildman–Crippen LogP) is 7.67. The molecule has 4 rings (SSSR count). The Bertz CT molecular complexity index is 1020. The van der Waals surface area contributed by atoms with Crippen LogP contribution >= 0.6 is 43.6 Å². The number of rotatable bonds is 7. The number of hydrogen-bond donors (Lipinski definition) is 1. The lowest BCUT2D eigenvalue weighted by Crippen LogP contribution is -2.48. The van der Waals surface area contributed by atoms with Crippen LogP contribution in [-0.4, -0.2) is 29.0 Å². The summed E-state index contributed by atoms with van der Waals surface area (Å²) in [6.07, 6.45) is 8.33. The van der Waals surface area contributed by atoms with Gasteiger partial charge in [0.25, 0.3) is 5.91 Å². The number of thioether (sulfide) groups is 1. The van der Waals surface area contributed by atoms with Crippen LogP contribution in [0.2, 0.25) is 0 Å². The van der Waals surface area contributed by atoms with Gasteiger partial charge in [-0.05, 0) is 86.5 Å². The fourth-order valence-electron chi connectivity index (χ4n) is 4.46. The molecule has 0 spiro atoms. The number of carbonyl (C=O) groups is 1. The molecular weight excluding hydrogens is 564 g/mol. The van der Waals surface area contributed by atoms with Crippen LogP contribution in [0.25, 0.3) is 6.08 Å². The van der Waals surface area contributed by atoms with Gasteiger partial charge >= 0.3 is 0 Å². The summed E-state index contributed by atoms with van der Waals surface area (Å²) in [5.41, 5.74) is 1.83. The molecule has 2 fully saturated rings. The summed E-state index contributed by atoms with van der Waals surface area (Å²) in [6.45, 7) is 6.40. The molecule has 0 bridgehead atoms. The van der Waals surface area contributed by atoms with E-state index in [2.05, 4.69) is 55.6 Å². The molecule has 1 saturated carbocycles. The highest BCUT2D eigenvalue weighted by molar-refractivity contribution is 9.11. The number of halogens is 2. The van der Waals surface area contributed by atoms with E-state index in [-0.39, 0.29) is 17.4 Å². The van der Waals surface area contributed by atoms with Crippen LogP contribution in [0, 0.1) is 5.92 Å². The molecule has 0 radical (unpaired) electrons. The second-order valence-corrected chi connectivity index (χ2v) is 11.3. The quantitative estimate of drug-likeness (QED) is 0.265. The van der Waals surface area contributed by atoms with Crippen molar-refractivity contribution >= 4 is 61.3 Å². The first-order valence-corrected chi connectivity index (χ1v) is 13.7. The van der Waals surface area contributed by atoms with Gasteiger partial charge in [0.2, 0.25) is 0 Å². The van der Waals surface area contributed by atoms with Gasteiger partial charge in [0.1, 0.15) is 12.4 Å². The van der Waals surface area contributed by atoms with E-state index in [1.807, 2.05) is 48.5 Å². The Balaban J connectivity index is 1.64. The van der Waals surface area contributed by atoms with Gasteiger partial charge in [-0.3, -0.25) is 4.79 Å². The van der Waals surface area contributed by atoms with Crippen molar-refractivity contribution in [3.63, 3.8) is 0 Å². The Kier molecular flexibility index (Phi) is 8.25. The highest BCUT2D eigenvalue weighted by Crippen LogP contribution is 2.43. The van der Waals surface area contributed by atoms with Gasteiger partial charge in [0.05, 0.1) is 13.9 Å². The number of benzene rings is 2. The van der Waals surface area contributed by atoms with Crippen LogP contribution in [0.1, 0.15) is 38.2 Å². The number of amides is 1. The maximum absolute atomic E-state index is 13.7. The molecule has 2 aromatic rings. The molecule has 0 aromatic heterocycles. The topological polar surface area (TPSA) is 41.6 Å². The maximum atomic E-state index is 13.7. The highest BCUT2D eigenvalue weighted by Gasteiger charge is 2.42. The lowest BCUT2D eigenvalue weighted by Gasteiger charge is -2.39. The van der Waals surface area contributed by atoms with Crippen LogP contribution in [0.5, 0.6) is 5.75 Å². The maximum Gasteiger partial charge on any atom is 0.262 e. The summed E-state index contributed by atoms with van der Waals surface area (Å²) in [7, 11) is 0. The number of hydrogen-bond acceptors (Lipinski definition) is 4. The smallest absolute Gasteiger partial charge is 0.262 e. The first-order chi connectivity index (χ1) is 16.0. The fourth-order valence-corrected chi connectivity index (χ4v) is 7.12. The zero-order valence-corrected chi connectivity index (χ0v) is 22.6. The van der Waals surface area contributed by atoms with Crippen molar-refractivity contribution in [2.45, 2.75) is 44.1 Å². The molecule has 3 atom stereocenters. The first kappa shape index (κ1) is 24.4. The molecule has 33 heavy (non-hydrogen) atoms. The normalized spacial score (nSPS) is 24.2. The Labute approximate surface area is 217 Å². The minimum absolute atomic E-state index is 0.103. The lowest BCUT2D eigenvalue weighted by molar-refractivity contribution is -0.129. The van der Waals surface area contributed by atoms with Crippen LogP contribution in [0.15, 0.2) is 69.0 Å². The minimum Gasteiger partial charge on any atom is -0.487 e. The number of nitrogens with one attached hydrogen (secondary N) is 1. The van der Waals surface area contributed by atoms with Gasteiger partial charge < -0.3 is 15.0 Å². The standard InChI is InChI=1S/C26H28Br2N2O2S/c1-3-13-32-24-20(27)14-18(15-21(24)28)16-23-25(31)30(22-12-8-7-9-17(22)2)26(33-23)29-19-10-5-4-6-11-19/h3-6,10-11,14-17,22,26,29H,1,7-9,12-13H2,2H3/b23-16-/t17-,22+,26?/m1/s1. The molecule has 1 heterocycles. The van der Waals surface area contributed by atoms with Crippen molar-refractivity contribution in [1.82, 2.24) is 4.90 Å². The van der Waals surface area contributed by atoms with Gasteiger partial charge in [-0.1, -0.05) is 62.4 Å².